The second kappa shape index (κ2) is 6.17. The summed E-state index contributed by atoms with van der Waals surface area (Å²) in [6.45, 7) is 3.60. The van der Waals surface area contributed by atoms with Crippen LogP contribution in [-0.2, 0) is 4.79 Å². The van der Waals surface area contributed by atoms with E-state index in [2.05, 4.69) is 15.4 Å². The number of hydrogen-bond acceptors (Lipinski definition) is 4. The van der Waals surface area contributed by atoms with Crippen LogP contribution in [0, 0.1) is 6.92 Å². The van der Waals surface area contributed by atoms with Gasteiger partial charge in [0.15, 0.2) is 5.65 Å². The first-order valence-corrected chi connectivity index (χ1v) is 6.48. The lowest BCUT2D eigenvalue weighted by molar-refractivity contribution is -0.139. The zero-order chi connectivity index (χ0) is 15.4. The van der Waals surface area contributed by atoms with Crippen LogP contribution in [0.15, 0.2) is 30.6 Å². The molecule has 0 bridgehead atoms. The van der Waals surface area contributed by atoms with Crippen molar-refractivity contribution in [3.63, 3.8) is 0 Å². The summed E-state index contributed by atoms with van der Waals surface area (Å²) in [6.07, 6.45) is 6.73. The monoisotopic (exact) mass is 288 g/mol. The number of carbonyl (C=O) groups is 2. The fourth-order valence-electron chi connectivity index (χ4n) is 1.85. The van der Waals surface area contributed by atoms with Crippen molar-refractivity contribution in [2.24, 2.45) is 0 Å². The van der Waals surface area contributed by atoms with Gasteiger partial charge < -0.3 is 10.4 Å². The summed E-state index contributed by atoms with van der Waals surface area (Å²) >= 11 is 0. The number of fused-ring (bicyclic) bond motifs is 1. The average Bonchev–Trinajstić information content (AvgIpc) is 2.85. The van der Waals surface area contributed by atoms with Crippen molar-refractivity contribution in [3.8, 4) is 0 Å². The summed E-state index contributed by atoms with van der Waals surface area (Å²) < 4.78 is 1.48. The molecule has 1 amide bonds. The molecule has 2 N–H and O–H groups in total. The average molecular weight is 288 g/mol. The van der Waals surface area contributed by atoms with Gasteiger partial charge in [-0.05, 0) is 26.3 Å². The largest absolute Gasteiger partial charge is 0.480 e. The van der Waals surface area contributed by atoms with Crippen molar-refractivity contribution < 1.29 is 14.7 Å². The Balaban J connectivity index is 2.25. The Morgan fingerprint density at radius 2 is 2.29 bits per heavy atom. The van der Waals surface area contributed by atoms with Crippen LogP contribution in [0.25, 0.3) is 5.65 Å². The fourth-order valence-corrected chi connectivity index (χ4v) is 1.85. The molecule has 110 valence electrons. The molecule has 2 aromatic rings. The molecule has 0 saturated carbocycles. The highest BCUT2D eigenvalue weighted by atomic mass is 16.4. The predicted octanol–water partition coefficient (Wildman–Crippen LogP) is 1.19. The van der Waals surface area contributed by atoms with Crippen molar-refractivity contribution in [3.05, 3.63) is 41.9 Å². The van der Waals surface area contributed by atoms with Gasteiger partial charge >= 0.3 is 5.97 Å². The number of rotatable bonds is 5. The standard InChI is InChI=1S/C14H16N4O3/c1-3-4-5-11(14(20)21)17-13(19)10-8-15-18-7-6-9(2)16-12(10)18/h3-4,6-8,11H,5H2,1-2H3,(H,17,19)(H,20,21)/b4-3+. The number of aliphatic carboxylic acids is 1. The summed E-state index contributed by atoms with van der Waals surface area (Å²) in [5.41, 5.74) is 1.41. The third kappa shape index (κ3) is 3.25. The SMILES string of the molecule is C/C=C/CC(NC(=O)c1cnn2ccc(C)nc12)C(=O)O. The molecule has 0 aliphatic rings. The first-order valence-electron chi connectivity index (χ1n) is 6.48. The first kappa shape index (κ1) is 14.7. The topological polar surface area (TPSA) is 96.6 Å². The Bertz CT molecular complexity index is 705. The Labute approximate surface area is 121 Å². The summed E-state index contributed by atoms with van der Waals surface area (Å²) in [5.74, 6) is -1.58. The zero-order valence-electron chi connectivity index (χ0n) is 11.8. The maximum atomic E-state index is 12.2. The van der Waals surface area contributed by atoms with Crippen LogP contribution >= 0.6 is 0 Å². The normalized spacial score (nSPS) is 12.7. The van der Waals surface area contributed by atoms with Gasteiger partial charge in [-0.15, -0.1) is 0 Å². The maximum absolute atomic E-state index is 12.2. The highest BCUT2D eigenvalue weighted by Gasteiger charge is 2.22. The molecule has 2 aromatic heterocycles. The van der Waals surface area contributed by atoms with Gasteiger partial charge in [-0.25, -0.2) is 14.3 Å². The molecule has 7 nitrogen and oxygen atoms in total. The molecule has 0 spiro atoms. The number of carboxylic acid groups (broad SMARTS) is 1. The van der Waals surface area contributed by atoms with E-state index in [0.717, 1.165) is 5.69 Å². The number of amides is 1. The lowest BCUT2D eigenvalue weighted by atomic mass is 10.2. The van der Waals surface area contributed by atoms with Gasteiger partial charge in [-0.3, -0.25) is 4.79 Å². The van der Waals surface area contributed by atoms with E-state index < -0.39 is 17.9 Å². The summed E-state index contributed by atoms with van der Waals surface area (Å²) in [7, 11) is 0. The van der Waals surface area contributed by atoms with E-state index >= 15 is 0 Å². The van der Waals surface area contributed by atoms with Gasteiger partial charge in [0.1, 0.15) is 11.6 Å². The fraction of sp³-hybridized carbons (Fsp3) is 0.286. The molecule has 1 unspecified atom stereocenters. The van der Waals surface area contributed by atoms with Gasteiger partial charge in [0, 0.05) is 11.9 Å². The molecule has 1 atom stereocenters. The lowest BCUT2D eigenvalue weighted by Crippen LogP contribution is -2.40. The van der Waals surface area contributed by atoms with E-state index in [-0.39, 0.29) is 12.0 Å². The predicted molar refractivity (Wildman–Crippen MR) is 76.0 cm³/mol. The van der Waals surface area contributed by atoms with Crippen LogP contribution in [-0.4, -0.2) is 37.6 Å². The Morgan fingerprint density at radius 1 is 1.52 bits per heavy atom. The van der Waals surface area contributed by atoms with Gasteiger partial charge in [0.2, 0.25) is 0 Å². The third-order valence-corrected chi connectivity index (χ3v) is 2.96. The highest BCUT2D eigenvalue weighted by Crippen LogP contribution is 2.09. The lowest BCUT2D eigenvalue weighted by Gasteiger charge is -2.11. The third-order valence-electron chi connectivity index (χ3n) is 2.96. The summed E-state index contributed by atoms with van der Waals surface area (Å²) in [4.78, 5) is 27.6. The van der Waals surface area contributed by atoms with E-state index in [1.54, 1.807) is 38.3 Å². The van der Waals surface area contributed by atoms with Gasteiger partial charge in [-0.1, -0.05) is 12.2 Å². The van der Waals surface area contributed by atoms with E-state index in [9.17, 15) is 9.59 Å². The molecule has 2 heterocycles. The van der Waals surface area contributed by atoms with Crippen LogP contribution in [0.1, 0.15) is 29.4 Å². The summed E-state index contributed by atoms with van der Waals surface area (Å²) in [6, 6.07) is 0.793. The van der Waals surface area contributed by atoms with Crippen molar-refractivity contribution in [1.29, 1.82) is 0 Å². The van der Waals surface area contributed by atoms with Gasteiger partial charge in [0.25, 0.3) is 5.91 Å². The molecule has 0 fully saturated rings. The number of carbonyl (C=O) groups excluding carboxylic acids is 1. The van der Waals surface area contributed by atoms with Crippen LogP contribution in [0.3, 0.4) is 0 Å². The minimum absolute atomic E-state index is 0.225. The van der Waals surface area contributed by atoms with Crippen LogP contribution < -0.4 is 5.32 Å². The second-order valence-corrected chi connectivity index (χ2v) is 4.56. The first-order chi connectivity index (χ1) is 10.0. The molecule has 2 rings (SSSR count). The van der Waals surface area contributed by atoms with Crippen molar-refractivity contribution >= 4 is 17.5 Å². The Hall–Kier alpha value is -2.70. The molecule has 0 radical (unpaired) electrons. The quantitative estimate of drug-likeness (QED) is 0.805. The number of allylic oxidation sites excluding steroid dienone is 1. The number of aromatic nitrogens is 3. The number of hydrogen-bond donors (Lipinski definition) is 2. The van der Waals surface area contributed by atoms with Crippen molar-refractivity contribution in [2.75, 3.05) is 0 Å². The van der Waals surface area contributed by atoms with Gasteiger partial charge in [0.05, 0.1) is 6.20 Å². The van der Waals surface area contributed by atoms with Crippen LogP contribution in [0.5, 0.6) is 0 Å². The van der Waals surface area contributed by atoms with E-state index in [4.69, 9.17) is 5.11 Å². The molecule has 0 aliphatic carbocycles. The van der Waals surface area contributed by atoms with E-state index in [1.165, 1.54) is 10.7 Å². The summed E-state index contributed by atoms with van der Waals surface area (Å²) in [5, 5.41) is 15.6. The smallest absolute Gasteiger partial charge is 0.326 e. The molecule has 7 heteroatoms. The van der Waals surface area contributed by atoms with E-state index in [0.29, 0.717) is 5.65 Å². The highest BCUT2D eigenvalue weighted by molar-refractivity contribution is 6.01. The Kier molecular flexibility index (Phi) is 4.32. The minimum Gasteiger partial charge on any atom is -0.480 e. The number of nitrogens with zero attached hydrogens (tertiary/aromatic N) is 3. The maximum Gasteiger partial charge on any atom is 0.326 e. The number of aryl methyl sites for hydroxylation is 1. The van der Waals surface area contributed by atoms with Gasteiger partial charge in [-0.2, -0.15) is 5.10 Å². The van der Waals surface area contributed by atoms with E-state index in [1.807, 2.05) is 0 Å². The zero-order valence-corrected chi connectivity index (χ0v) is 11.8. The number of carboxylic acids is 1. The van der Waals surface area contributed by atoms with Crippen molar-refractivity contribution in [2.45, 2.75) is 26.3 Å². The molecule has 21 heavy (non-hydrogen) atoms. The molecule has 0 saturated heterocycles. The second-order valence-electron chi connectivity index (χ2n) is 4.56. The molecular formula is C14H16N4O3. The number of nitrogens with one attached hydrogen (secondary N) is 1. The molecule has 0 aliphatic heterocycles. The molecule has 0 aromatic carbocycles. The van der Waals surface area contributed by atoms with Crippen LogP contribution in [0.4, 0.5) is 0 Å². The van der Waals surface area contributed by atoms with Crippen LogP contribution in [0.2, 0.25) is 0 Å². The Morgan fingerprint density at radius 3 is 2.95 bits per heavy atom. The minimum atomic E-state index is -1.08. The van der Waals surface area contributed by atoms with Crippen molar-refractivity contribution in [1.82, 2.24) is 19.9 Å². The molecular weight excluding hydrogens is 272 g/mol.